The Labute approximate surface area is 171 Å². The number of amides is 1. The molecule has 0 N–H and O–H groups in total. The number of ether oxygens (including phenoxy) is 1. The van der Waals surface area contributed by atoms with E-state index in [9.17, 15) is 4.79 Å². The molecule has 2 aromatic rings. The second kappa shape index (κ2) is 7.32. The molecule has 3 aliphatic rings. The van der Waals surface area contributed by atoms with Crippen molar-refractivity contribution < 1.29 is 9.53 Å². The van der Waals surface area contributed by atoms with Gasteiger partial charge in [-0.25, -0.2) is 9.97 Å². The van der Waals surface area contributed by atoms with Crippen LogP contribution < -0.4 is 9.64 Å². The maximum Gasteiger partial charge on any atom is 0.226 e. The summed E-state index contributed by atoms with van der Waals surface area (Å²) in [5.74, 6) is 2.89. The highest BCUT2D eigenvalue weighted by Crippen LogP contribution is 2.47. The Morgan fingerprint density at radius 1 is 1.10 bits per heavy atom. The lowest BCUT2D eigenvalue weighted by atomic mass is 9.83. The molecule has 6 heteroatoms. The van der Waals surface area contributed by atoms with Crippen molar-refractivity contribution in [2.45, 2.75) is 32.2 Å². The summed E-state index contributed by atoms with van der Waals surface area (Å²) in [7, 11) is 1.62. The Morgan fingerprint density at radius 3 is 2.52 bits per heavy atom. The average Bonchev–Trinajstić information content (AvgIpc) is 3.25. The van der Waals surface area contributed by atoms with E-state index in [1.165, 1.54) is 17.5 Å². The molecule has 3 fully saturated rings. The molecule has 1 aromatic carbocycles. The molecule has 3 heterocycles. The standard InChI is InChI=1S/C23H28N4O2/c1-15-6-3-4-9-19(15)21-20-14-26(23-24-10-18(29-2)11-25-23)12-17(20)13-27(21)22(28)16-7-5-8-16/h3-4,6,9-11,16-17,20-21H,5,7-8,12-14H2,1-2H3/t17-,20-,21+/m0/s1. The molecule has 152 valence electrons. The molecule has 0 bridgehead atoms. The van der Waals surface area contributed by atoms with E-state index in [0.717, 1.165) is 38.4 Å². The lowest BCUT2D eigenvalue weighted by Crippen LogP contribution is -2.41. The molecule has 0 spiro atoms. The van der Waals surface area contributed by atoms with Crippen LogP contribution in [0.4, 0.5) is 5.95 Å². The predicted octanol–water partition coefficient (Wildman–Crippen LogP) is 3.23. The monoisotopic (exact) mass is 392 g/mol. The molecule has 29 heavy (non-hydrogen) atoms. The van der Waals surface area contributed by atoms with Crippen LogP contribution in [-0.4, -0.2) is 47.5 Å². The van der Waals surface area contributed by atoms with Crippen LogP contribution in [0, 0.1) is 24.7 Å². The SMILES string of the molecule is COc1cnc(N2C[C@H]3CN(C(=O)C4CCC4)[C@H](c4ccccc4C)[C@H]3C2)nc1. The number of nitrogens with zero attached hydrogens (tertiary/aromatic N) is 4. The molecule has 1 amide bonds. The first-order valence-corrected chi connectivity index (χ1v) is 10.6. The van der Waals surface area contributed by atoms with E-state index in [-0.39, 0.29) is 12.0 Å². The van der Waals surface area contributed by atoms with Gasteiger partial charge in [-0.1, -0.05) is 30.7 Å². The smallest absolute Gasteiger partial charge is 0.226 e. The highest BCUT2D eigenvalue weighted by Gasteiger charge is 2.51. The molecule has 0 unspecified atom stereocenters. The summed E-state index contributed by atoms with van der Waals surface area (Å²) >= 11 is 0. The number of aromatic nitrogens is 2. The number of carbonyl (C=O) groups excluding carboxylic acids is 1. The van der Waals surface area contributed by atoms with Crippen molar-refractivity contribution in [2.75, 3.05) is 31.6 Å². The maximum atomic E-state index is 13.2. The van der Waals surface area contributed by atoms with Crippen molar-refractivity contribution >= 4 is 11.9 Å². The second-order valence-electron chi connectivity index (χ2n) is 8.67. The average molecular weight is 393 g/mol. The topological polar surface area (TPSA) is 58.6 Å². The zero-order chi connectivity index (χ0) is 20.0. The lowest BCUT2D eigenvalue weighted by molar-refractivity contribution is -0.139. The van der Waals surface area contributed by atoms with Gasteiger partial charge < -0.3 is 14.5 Å². The number of benzene rings is 1. The van der Waals surface area contributed by atoms with Gasteiger partial charge in [0.25, 0.3) is 0 Å². The van der Waals surface area contributed by atoms with E-state index in [2.05, 4.69) is 51.0 Å². The van der Waals surface area contributed by atoms with Crippen molar-refractivity contribution in [2.24, 2.45) is 17.8 Å². The van der Waals surface area contributed by atoms with E-state index >= 15 is 0 Å². The second-order valence-corrected chi connectivity index (χ2v) is 8.67. The molecule has 1 aliphatic carbocycles. The summed E-state index contributed by atoms with van der Waals surface area (Å²) in [5, 5.41) is 0. The minimum absolute atomic E-state index is 0.151. The van der Waals surface area contributed by atoms with Gasteiger partial charge in [0, 0.05) is 37.4 Å². The van der Waals surface area contributed by atoms with Crippen molar-refractivity contribution in [3.63, 3.8) is 0 Å². The van der Waals surface area contributed by atoms with Gasteiger partial charge >= 0.3 is 0 Å². The lowest BCUT2D eigenvalue weighted by Gasteiger charge is -2.35. The maximum absolute atomic E-state index is 13.2. The van der Waals surface area contributed by atoms with Crippen LogP contribution >= 0.6 is 0 Å². The van der Waals surface area contributed by atoms with E-state index in [4.69, 9.17) is 4.74 Å². The minimum Gasteiger partial charge on any atom is -0.494 e. The molecule has 2 saturated heterocycles. The first kappa shape index (κ1) is 18.4. The number of hydrogen-bond acceptors (Lipinski definition) is 5. The Morgan fingerprint density at radius 2 is 1.86 bits per heavy atom. The van der Waals surface area contributed by atoms with Crippen molar-refractivity contribution in [1.29, 1.82) is 0 Å². The summed E-state index contributed by atoms with van der Waals surface area (Å²) in [4.78, 5) is 26.7. The van der Waals surface area contributed by atoms with Gasteiger partial charge in [0.15, 0.2) is 5.75 Å². The molecular weight excluding hydrogens is 364 g/mol. The molecule has 1 aromatic heterocycles. The van der Waals surface area contributed by atoms with E-state index in [0.29, 0.717) is 23.5 Å². The van der Waals surface area contributed by atoms with Crippen LogP contribution in [0.1, 0.15) is 36.4 Å². The summed E-state index contributed by atoms with van der Waals surface area (Å²) < 4.78 is 5.19. The molecule has 2 aliphatic heterocycles. The number of rotatable bonds is 4. The third kappa shape index (κ3) is 3.15. The van der Waals surface area contributed by atoms with Crippen LogP contribution in [0.15, 0.2) is 36.7 Å². The quantitative estimate of drug-likeness (QED) is 0.800. The van der Waals surface area contributed by atoms with Gasteiger partial charge in [-0.3, -0.25) is 4.79 Å². The fourth-order valence-corrected chi connectivity index (χ4v) is 5.22. The fraction of sp³-hybridized carbons (Fsp3) is 0.522. The number of methoxy groups -OCH3 is 1. The van der Waals surface area contributed by atoms with Crippen LogP contribution in [-0.2, 0) is 4.79 Å². The van der Waals surface area contributed by atoms with Gasteiger partial charge in [0.2, 0.25) is 11.9 Å². The number of carbonyl (C=O) groups is 1. The fourth-order valence-electron chi connectivity index (χ4n) is 5.22. The first-order chi connectivity index (χ1) is 14.2. The predicted molar refractivity (Wildman–Crippen MR) is 111 cm³/mol. The number of aryl methyl sites for hydroxylation is 1. The molecular formula is C23H28N4O2. The third-order valence-corrected chi connectivity index (χ3v) is 7.04. The number of anilines is 1. The van der Waals surface area contributed by atoms with Crippen LogP contribution in [0.2, 0.25) is 0 Å². The Kier molecular flexibility index (Phi) is 4.64. The highest BCUT2D eigenvalue weighted by molar-refractivity contribution is 5.80. The van der Waals surface area contributed by atoms with E-state index in [1.807, 2.05) is 0 Å². The van der Waals surface area contributed by atoms with Crippen molar-refractivity contribution in [1.82, 2.24) is 14.9 Å². The molecule has 1 saturated carbocycles. The van der Waals surface area contributed by atoms with Gasteiger partial charge in [-0.2, -0.15) is 0 Å². The first-order valence-electron chi connectivity index (χ1n) is 10.6. The molecule has 6 nitrogen and oxygen atoms in total. The number of fused-ring (bicyclic) bond motifs is 1. The highest BCUT2D eigenvalue weighted by atomic mass is 16.5. The summed E-state index contributed by atoms with van der Waals surface area (Å²) in [6, 6.07) is 8.69. The van der Waals surface area contributed by atoms with Gasteiger partial charge in [0.05, 0.1) is 25.5 Å². The third-order valence-electron chi connectivity index (χ3n) is 7.04. The molecule has 3 atom stereocenters. The van der Waals surface area contributed by atoms with Crippen LogP contribution in [0.25, 0.3) is 0 Å². The van der Waals surface area contributed by atoms with Crippen LogP contribution in [0.5, 0.6) is 5.75 Å². The van der Waals surface area contributed by atoms with Gasteiger partial charge in [-0.15, -0.1) is 0 Å². The Balaban J connectivity index is 1.43. The summed E-state index contributed by atoms with van der Waals surface area (Å²) in [5.41, 5.74) is 2.56. The Bertz CT molecular complexity index is 896. The van der Waals surface area contributed by atoms with Gasteiger partial charge in [0.1, 0.15) is 0 Å². The minimum atomic E-state index is 0.151. The van der Waals surface area contributed by atoms with Crippen molar-refractivity contribution in [3.8, 4) is 5.75 Å². The number of likely N-dealkylation sites (tertiary alicyclic amines) is 1. The normalized spacial score (nSPS) is 26.3. The molecule has 5 rings (SSSR count). The van der Waals surface area contributed by atoms with E-state index < -0.39 is 0 Å². The van der Waals surface area contributed by atoms with E-state index in [1.54, 1.807) is 19.5 Å². The zero-order valence-electron chi connectivity index (χ0n) is 17.1. The zero-order valence-corrected chi connectivity index (χ0v) is 17.1. The number of hydrogen-bond donors (Lipinski definition) is 0. The van der Waals surface area contributed by atoms with Gasteiger partial charge in [-0.05, 0) is 30.9 Å². The Hall–Kier alpha value is -2.63. The summed E-state index contributed by atoms with van der Waals surface area (Å²) in [6.07, 6.45) is 6.74. The van der Waals surface area contributed by atoms with Crippen LogP contribution in [0.3, 0.4) is 0 Å². The molecule has 0 radical (unpaired) electrons. The summed E-state index contributed by atoms with van der Waals surface area (Å²) in [6.45, 7) is 4.78. The van der Waals surface area contributed by atoms with Crippen molar-refractivity contribution in [3.05, 3.63) is 47.8 Å². The largest absolute Gasteiger partial charge is 0.494 e.